The van der Waals surface area contributed by atoms with Crippen LogP contribution < -0.4 is 0 Å². The van der Waals surface area contributed by atoms with Crippen LogP contribution in [0.5, 0.6) is 0 Å². The Bertz CT molecular complexity index is 849. The van der Waals surface area contributed by atoms with Crippen molar-refractivity contribution in [1.82, 2.24) is 14.5 Å². The molecule has 1 N–H and O–H groups in total. The molecule has 0 radical (unpaired) electrons. The third-order valence-electron chi connectivity index (χ3n) is 5.00. The van der Waals surface area contributed by atoms with Crippen LogP contribution >= 0.6 is 11.6 Å². The second-order valence-electron chi connectivity index (χ2n) is 6.83. The lowest BCUT2D eigenvalue weighted by atomic mass is 9.99. The molecular formula is C19H21ClF3N3O2. The summed E-state index contributed by atoms with van der Waals surface area (Å²) in [5.74, 6) is 0.840. The summed E-state index contributed by atoms with van der Waals surface area (Å²) >= 11 is 6.34. The number of halogens is 4. The molecule has 1 atom stereocenters. The number of carbonyl (C=O) groups is 1. The first kappa shape index (κ1) is 20.5. The molecule has 0 bridgehead atoms. The number of hydrogen-bond acceptors (Lipinski definition) is 2. The molecule has 2 heterocycles. The lowest BCUT2D eigenvalue weighted by Crippen LogP contribution is -2.42. The Morgan fingerprint density at radius 1 is 1.25 bits per heavy atom. The molecule has 1 unspecified atom stereocenters. The number of rotatable bonds is 5. The van der Waals surface area contributed by atoms with Gasteiger partial charge in [-0.05, 0) is 37.0 Å². The molecule has 1 aromatic carbocycles. The van der Waals surface area contributed by atoms with E-state index in [2.05, 4.69) is 4.98 Å². The predicted molar refractivity (Wildman–Crippen MR) is 98.5 cm³/mol. The van der Waals surface area contributed by atoms with Gasteiger partial charge in [-0.15, -0.1) is 0 Å². The van der Waals surface area contributed by atoms with Gasteiger partial charge in [-0.2, -0.15) is 13.2 Å². The SMILES string of the molecule is CCCc1nc(Cl)c2n1CCN(C(=O)O)C2CCc1ccc(C(F)(F)F)cc1. The molecule has 5 nitrogen and oxygen atoms in total. The highest BCUT2D eigenvalue weighted by atomic mass is 35.5. The van der Waals surface area contributed by atoms with Gasteiger partial charge in [0, 0.05) is 19.5 Å². The average molecular weight is 416 g/mol. The molecular weight excluding hydrogens is 395 g/mol. The number of aryl methyl sites for hydroxylation is 2. The number of alkyl halides is 3. The standard InChI is InChI=1S/C19H21ClF3N3O2/c1-2-3-15-24-17(20)16-14(25(18(27)28)10-11-26(15)16)9-6-12-4-7-13(8-5-12)19(21,22)23/h4-5,7-8,14H,2-3,6,9-11H2,1H3,(H,27,28). The van der Waals surface area contributed by atoms with Gasteiger partial charge in [-0.25, -0.2) is 9.78 Å². The average Bonchev–Trinajstić information content (AvgIpc) is 2.95. The monoisotopic (exact) mass is 415 g/mol. The molecule has 0 aliphatic carbocycles. The van der Waals surface area contributed by atoms with E-state index in [0.717, 1.165) is 30.8 Å². The first-order valence-electron chi connectivity index (χ1n) is 9.12. The Balaban J connectivity index is 1.84. The van der Waals surface area contributed by atoms with Crippen molar-refractivity contribution >= 4 is 17.7 Å². The van der Waals surface area contributed by atoms with E-state index in [1.165, 1.54) is 17.0 Å². The van der Waals surface area contributed by atoms with Crippen LogP contribution in [0.1, 0.15) is 48.5 Å². The molecule has 2 aromatic rings. The first-order chi connectivity index (χ1) is 13.2. The van der Waals surface area contributed by atoms with Crippen molar-refractivity contribution in [3.63, 3.8) is 0 Å². The lowest BCUT2D eigenvalue weighted by molar-refractivity contribution is -0.137. The van der Waals surface area contributed by atoms with Crippen LogP contribution in [0.4, 0.5) is 18.0 Å². The largest absolute Gasteiger partial charge is 0.465 e. The lowest BCUT2D eigenvalue weighted by Gasteiger charge is -2.35. The zero-order valence-electron chi connectivity index (χ0n) is 15.3. The Morgan fingerprint density at radius 2 is 1.93 bits per heavy atom. The van der Waals surface area contributed by atoms with Crippen molar-refractivity contribution in [3.05, 3.63) is 52.1 Å². The molecule has 0 fully saturated rings. The number of nitrogens with zero attached hydrogens (tertiary/aromatic N) is 3. The molecule has 0 saturated heterocycles. The maximum Gasteiger partial charge on any atom is 0.416 e. The van der Waals surface area contributed by atoms with Crippen molar-refractivity contribution < 1.29 is 23.1 Å². The Hall–Kier alpha value is -2.22. The van der Waals surface area contributed by atoms with E-state index in [1.54, 1.807) is 0 Å². The zero-order valence-corrected chi connectivity index (χ0v) is 16.1. The van der Waals surface area contributed by atoms with Gasteiger partial charge in [0.05, 0.1) is 17.3 Å². The summed E-state index contributed by atoms with van der Waals surface area (Å²) in [7, 11) is 0. The molecule has 152 valence electrons. The number of amides is 1. The van der Waals surface area contributed by atoms with Crippen molar-refractivity contribution in [2.75, 3.05) is 6.54 Å². The molecule has 0 saturated carbocycles. The minimum atomic E-state index is -4.38. The molecule has 1 aliphatic heterocycles. The van der Waals surface area contributed by atoms with Crippen molar-refractivity contribution in [1.29, 1.82) is 0 Å². The van der Waals surface area contributed by atoms with Gasteiger partial charge in [0.25, 0.3) is 0 Å². The van der Waals surface area contributed by atoms with E-state index < -0.39 is 23.9 Å². The summed E-state index contributed by atoms with van der Waals surface area (Å²) in [6.45, 7) is 2.85. The third-order valence-corrected chi connectivity index (χ3v) is 5.28. The van der Waals surface area contributed by atoms with Crippen LogP contribution in [-0.4, -0.2) is 32.2 Å². The number of benzene rings is 1. The maximum absolute atomic E-state index is 12.7. The number of aromatic nitrogens is 2. The summed E-state index contributed by atoms with van der Waals surface area (Å²) in [6.07, 6.45) is -2.94. The van der Waals surface area contributed by atoms with E-state index in [9.17, 15) is 23.1 Å². The fourth-order valence-corrected chi connectivity index (χ4v) is 3.98. The van der Waals surface area contributed by atoms with Gasteiger partial charge in [-0.3, -0.25) is 4.90 Å². The second-order valence-corrected chi connectivity index (χ2v) is 7.19. The fourth-order valence-electron chi connectivity index (χ4n) is 3.66. The molecule has 1 aliphatic rings. The van der Waals surface area contributed by atoms with Crippen LogP contribution in [-0.2, 0) is 25.6 Å². The molecule has 3 rings (SSSR count). The summed E-state index contributed by atoms with van der Waals surface area (Å²) in [5, 5.41) is 9.88. The second kappa shape index (κ2) is 8.03. The summed E-state index contributed by atoms with van der Waals surface area (Å²) < 4.78 is 40.1. The molecule has 1 aromatic heterocycles. The van der Waals surface area contributed by atoms with Crippen LogP contribution in [0.15, 0.2) is 24.3 Å². The van der Waals surface area contributed by atoms with Gasteiger partial charge in [-0.1, -0.05) is 30.7 Å². The zero-order chi connectivity index (χ0) is 20.5. The van der Waals surface area contributed by atoms with Crippen molar-refractivity contribution in [2.24, 2.45) is 0 Å². The highest BCUT2D eigenvalue weighted by molar-refractivity contribution is 6.30. The third kappa shape index (κ3) is 4.11. The topological polar surface area (TPSA) is 58.4 Å². The first-order valence-corrected chi connectivity index (χ1v) is 9.50. The highest BCUT2D eigenvalue weighted by Crippen LogP contribution is 2.36. The number of fused-ring (bicyclic) bond motifs is 1. The predicted octanol–water partition coefficient (Wildman–Crippen LogP) is 5.18. The van der Waals surface area contributed by atoms with E-state index in [4.69, 9.17) is 11.6 Å². The Kier molecular flexibility index (Phi) is 5.88. The summed E-state index contributed by atoms with van der Waals surface area (Å²) in [5.41, 5.74) is 0.678. The van der Waals surface area contributed by atoms with E-state index in [1.807, 2.05) is 11.5 Å². The fraction of sp³-hybridized carbons (Fsp3) is 0.474. The van der Waals surface area contributed by atoms with Gasteiger partial charge >= 0.3 is 12.3 Å². The molecule has 0 spiro atoms. The Morgan fingerprint density at radius 3 is 2.50 bits per heavy atom. The van der Waals surface area contributed by atoms with Crippen molar-refractivity contribution in [2.45, 2.75) is 51.4 Å². The van der Waals surface area contributed by atoms with E-state index in [0.29, 0.717) is 42.3 Å². The van der Waals surface area contributed by atoms with Crippen LogP contribution in [0.3, 0.4) is 0 Å². The number of hydrogen-bond donors (Lipinski definition) is 1. The van der Waals surface area contributed by atoms with E-state index >= 15 is 0 Å². The van der Waals surface area contributed by atoms with Gasteiger partial charge in [0.1, 0.15) is 5.82 Å². The van der Waals surface area contributed by atoms with Crippen LogP contribution in [0.25, 0.3) is 0 Å². The molecule has 9 heteroatoms. The Labute approximate surface area is 165 Å². The molecule has 28 heavy (non-hydrogen) atoms. The summed E-state index contributed by atoms with van der Waals surface area (Å²) in [4.78, 5) is 17.5. The number of imidazole rings is 1. The summed E-state index contributed by atoms with van der Waals surface area (Å²) in [6, 6.07) is 4.46. The van der Waals surface area contributed by atoms with Gasteiger partial charge < -0.3 is 9.67 Å². The molecule has 1 amide bonds. The van der Waals surface area contributed by atoms with Crippen LogP contribution in [0, 0.1) is 0 Å². The quantitative estimate of drug-likeness (QED) is 0.732. The van der Waals surface area contributed by atoms with Gasteiger partial charge in [0.2, 0.25) is 0 Å². The van der Waals surface area contributed by atoms with Crippen LogP contribution in [0.2, 0.25) is 5.15 Å². The smallest absolute Gasteiger partial charge is 0.416 e. The minimum absolute atomic E-state index is 0.298. The van der Waals surface area contributed by atoms with E-state index in [-0.39, 0.29) is 0 Å². The number of carboxylic acid groups (broad SMARTS) is 1. The maximum atomic E-state index is 12.7. The van der Waals surface area contributed by atoms with Crippen molar-refractivity contribution in [3.8, 4) is 0 Å². The minimum Gasteiger partial charge on any atom is -0.465 e. The highest BCUT2D eigenvalue weighted by Gasteiger charge is 2.35. The normalized spacial score (nSPS) is 16.9. The van der Waals surface area contributed by atoms with Gasteiger partial charge in [0.15, 0.2) is 5.15 Å².